The Bertz CT molecular complexity index is 209. The van der Waals surface area contributed by atoms with Gasteiger partial charge in [-0.3, -0.25) is 0 Å². The SMILES string of the molecule is CN1CCCCC1CCNC1CCCCCCC1. The van der Waals surface area contributed by atoms with Crippen molar-refractivity contribution in [2.24, 2.45) is 0 Å². The van der Waals surface area contributed by atoms with E-state index in [2.05, 4.69) is 17.3 Å². The summed E-state index contributed by atoms with van der Waals surface area (Å²) in [5.74, 6) is 0. The van der Waals surface area contributed by atoms with Gasteiger partial charge in [0.15, 0.2) is 0 Å². The Morgan fingerprint density at radius 1 is 0.889 bits per heavy atom. The summed E-state index contributed by atoms with van der Waals surface area (Å²) in [5, 5.41) is 3.83. The summed E-state index contributed by atoms with van der Waals surface area (Å²) in [6.07, 6.45) is 15.7. The fourth-order valence-electron chi connectivity index (χ4n) is 3.62. The van der Waals surface area contributed by atoms with Crippen molar-refractivity contribution in [2.45, 2.75) is 82.7 Å². The zero-order chi connectivity index (χ0) is 12.6. The smallest absolute Gasteiger partial charge is 0.0104 e. The van der Waals surface area contributed by atoms with Crippen molar-refractivity contribution < 1.29 is 0 Å². The summed E-state index contributed by atoms with van der Waals surface area (Å²) in [6, 6.07) is 1.67. The van der Waals surface area contributed by atoms with Crippen molar-refractivity contribution in [2.75, 3.05) is 20.1 Å². The monoisotopic (exact) mass is 252 g/mol. The van der Waals surface area contributed by atoms with E-state index < -0.39 is 0 Å². The van der Waals surface area contributed by atoms with Crippen LogP contribution in [-0.4, -0.2) is 37.1 Å². The first-order valence-electron chi connectivity index (χ1n) is 8.30. The van der Waals surface area contributed by atoms with Gasteiger partial charge in [0.25, 0.3) is 0 Å². The molecule has 0 aromatic heterocycles. The van der Waals surface area contributed by atoms with Gasteiger partial charge < -0.3 is 10.2 Å². The van der Waals surface area contributed by atoms with Gasteiger partial charge >= 0.3 is 0 Å². The predicted molar refractivity (Wildman–Crippen MR) is 79.0 cm³/mol. The zero-order valence-electron chi connectivity index (χ0n) is 12.3. The Balaban J connectivity index is 1.61. The highest BCUT2D eigenvalue weighted by Gasteiger charge is 2.18. The van der Waals surface area contributed by atoms with Gasteiger partial charge in [-0.05, 0) is 52.2 Å². The molecule has 0 amide bonds. The van der Waals surface area contributed by atoms with E-state index in [4.69, 9.17) is 0 Å². The van der Waals surface area contributed by atoms with Crippen LogP contribution in [0.15, 0.2) is 0 Å². The highest BCUT2D eigenvalue weighted by atomic mass is 15.1. The number of hydrogen-bond acceptors (Lipinski definition) is 2. The molecule has 1 aliphatic heterocycles. The molecule has 0 radical (unpaired) electrons. The maximum absolute atomic E-state index is 3.83. The largest absolute Gasteiger partial charge is 0.314 e. The van der Waals surface area contributed by atoms with E-state index in [1.165, 1.54) is 83.7 Å². The zero-order valence-corrected chi connectivity index (χ0v) is 12.3. The van der Waals surface area contributed by atoms with E-state index in [9.17, 15) is 0 Å². The molecule has 0 aromatic rings. The van der Waals surface area contributed by atoms with Crippen molar-refractivity contribution in [3.05, 3.63) is 0 Å². The molecular weight excluding hydrogens is 220 g/mol. The van der Waals surface area contributed by atoms with E-state index in [-0.39, 0.29) is 0 Å². The number of rotatable bonds is 4. The molecule has 0 aromatic carbocycles. The molecule has 1 N–H and O–H groups in total. The third kappa shape index (κ3) is 4.89. The fourth-order valence-corrected chi connectivity index (χ4v) is 3.62. The van der Waals surface area contributed by atoms with Crippen LogP contribution in [0.1, 0.15) is 70.6 Å². The lowest BCUT2D eigenvalue weighted by Gasteiger charge is -2.33. The summed E-state index contributed by atoms with van der Waals surface area (Å²) >= 11 is 0. The van der Waals surface area contributed by atoms with Gasteiger partial charge in [0.2, 0.25) is 0 Å². The van der Waals surface area contributed by atoms with Gasteiger partial charge in [-0.1, -0.05) is 38.5 Å². The Morgan fingerprint density at radius 3 is 2.28 bits per heavy atom. The minimum absolute atomic E-state index is 0.819. The van der Waals surface area contributed by atoms with Crippen LogP contribution in [0.3, 0.4) is 0 Å². The molecule has 2 nitrogen and oxygen atoms in total. The first-order chi connectivity index (χ1) is 8.86. The molecule has 2 heteroatoms. The Hall–Kier alpha value is -0.0800. The lowest BCUT2D eigenvalue weighted by molar-refractivity contribution is 0.173. The van der Waals surface area contributed by atoms with Gasteiger partial charge in [0.05, 0.1) is 0 Å². The molecule has 1 unspecified atom stereocenters. The molecule has 2 rings (SSSR count). The number of nitrogens with one attached hydrogen (secondary N) is 1. The summed E-state index contributed by atoms with van der Waals surface area (Å²) in [5.41, 5.74) is 0. The maximum atomic E-state index is 3.83. The second-order valence-electron chi connectivity index (χ2n) is 6.42. The van der Waals surface area contributed by atoms with Crippen molar-refractivity contribution in [1.82, 2.24) is 10.2 Å². The minimum atomic E-state index is 0.819. The molecule has 1 heterocycles. The van der Waals surface area contributed by atoms with E-state index in [0.717, 1.165) is 12.1 Å². The van der Waals surface area contributed by atoms with Gasteiger partial charge in [-0.25, -0.2) is 0 Å². The average molecular weight is 252 g/mol. The number of hydrogen-bond donors (Lipinski definition) is 1. The third-order valence-electron chi connectivity index (χ3n) is 4.94. The molecule has 18 heavy (non-hydrogen) atoms. The van der Waals surface area contributed by atoms with Crippen LogP contribution in [0.2, 0.25) is 0 Å². The molecule has 1 aliphatic carbocycles. The summed E-state index contributed by atoms with van der Waals surface area (Å²) < 4.78 is 0. The molecule has 2 aliphatic rings. The first-order valence-corrected chi connectivity index (χ1v) is 8.30. The van der Waals surface area contributed by atoms with Crippen molar-refractivity contribution in [3.8, 4) is 0 Å². The van der Waals surface area contributed by atoms with Crippen LogP contribution < -0.4 is 5.32 Å². The van der Waals surface area contributed by atoms with E-state index in [1.807, 2.05) is 0 Å². The normalized spacial score (nSPS) is 28.8. The molecule has 0 spiro atoms. The summed E-state index contributed by atoms with van der Waals surface area (Å²) in [4.78, 5) is 2.57. The predicted octanol–water partition coefficient (Wildman–Crippen LogP) is 3.56. The van der Waals surface area contributed by atoms with Crippen LogP contribution in [-0.2, 0) is 0 Å². The molecule has 106 valence electrons. The minimum Gasteiger partial charge on any atom is -0.314 e. The second-order valence-corrected chi connectivity index (χ2v) is 6.42. The van der Waals surface area contributed by atoms with Crippen LogP contribution in [0.25, 0.3) is 0 Å². The summed E-state index contributed by atoms with van der Waals surface area (Å²) in [7, 11) is 2.31. The standard InChI is InChI=1S/C16H32N2/c1-18-14-8-7-11-16(18)12-13-17-15-9-5-3-2-4-6-10-15/h15-17H,2-14H2,1H3. The highest BCUT2D eigenvalue weighted by molar-refractivity contribution is 4.76. The fraction of sp³-hybridized carbons (Fsp3) is 1.00. The van der Waals surface area contributed by atoms with Gasteiger partial charge in [0, 0.05) is 12.1 Å². The Labute approximate surface area is 114 Å². The van der Waals surface area contributed by atoms with Crippen molar-refractivity contribution >= 4 is 0 Å². The lowest BCUT2D eigenvalue weighted by atomic mass is 9.96. The molecule has 1 saturated carbocycles. The average Bonchev–Trinajstić information content (AvgIpc) is 2.34. The van der Waals surface area contributed by atoms with Crippen LogP contribution in [0.5, 0.6) is 0 Å². The number of nitrogens with zero attached hydrogens (tertiary/aromatic N) is 1. The van der Waals surface area contributed by atoms with Crippen LogP contribution in [0, 0.1) is 0 Å². The van der Waals surface area contributed by atoms with Gasteiger partial charge in [-0.15, -0.1) is 0 Å². The second kappa shape index (κ2) is 8.16. The van der Waals surface area contributed by atoms with Crippen LogP contribution in [0.4, 0.5) is 0 Å². The molecule has 2 fully saturated rings. The Kier molecular flexibility index (Phi) is 6.50. The van der Waals surface area contributed by atoms with Crippen LogP contribution >= 0.6 is 0 Å². The van der Waals surface area contributed by atoms with E-state index in [1.54, 1.807) is 0 Å². The number of likely N-dealkylation sites (tertiary alicyclic amines) is 1. The van der Waals surface area contributed by atoms with Gasteiger partial charge in [-0.2, -0.15) is 0 Å². The third-order valence-corrected chi connectivity index (χ3v) is 4.94. The molecule has 1 atom stereocenters. The topological polar surface area (TPSA) is 15.3 Å². The maximum Gasteiger partial charge on any atom is 0.0104 e. The van der Waals surface area contributed by atoms with E-state index in [0.29, 0.717) is 0 Å². The van der Waals surface area contributed by atoms with Crippen molar-refractivity contribution in [1.29, 1.82) is 0 Å². The number of piperidine rings is 1. The molecule has 0 bridgehead atoms. The van der Waals surface area contributed by atoms with Crippen molar-refractivity contribution in [3.63, 3.8) is 0 Å². The molecule has 1 saturated heterocycles. The van der Waals surface area contributed by atoms with Gasteiger partial charge in [0.1, 0.15) is 0 Å². The molecular formula is C16H32N2. The first kappa shape index (κ1) is 14.3. The summed E-state index contributed by atoms with van der Waals surface area (Å²) in [6.45, 7) is 2.55. The quantitative estimate of drug-likeness (QED) is 0.823. The Morgan fingerprint density at radius 2 is 1.56 bits per heavy atom. The highest BCUT2D eigenvalue weighted by Crippen LogP contribution is 2.19. The van der Waals surface area contributed by atoms with E-state index >= 15 is 0 Å². The lowest BCUT2D eigenvalue weighted by Crippen LogP contribution is -2.40.